The Morgan fingerprint density at radius 3 is 2.59 bits per heavy atom. The first-order valence-corrected chi connectivity index (χ1v) is 5.43. The molecule has 0 saturated carbocycles. The van der Waals surface area contributed by atoms with E-state index < -0.39 is 5.97 Å². The highest BCUT2D eigenvalue weighted by Crippen LogP contribution is 2.28. The van der Waals surface area contributed by atoms with Crippen molar-refractivity contribution in [2.24, 2.45) is 0 Å². The zero-order valence-corrected chi connectivity index (χ0v) is 9.90. The van der Waals surface area contributed by atoms with Crippen molar-refractivity contribution in [2.45, 2.75) is 6.92 Å². The van der Waals surface area contributed by atoms with Crippen molar-refractivity contribution in [3.8, 4) is 11.3 Å². The molecule has 0 bridgehead atoms. The molecule has 1 heterocycles. The third kappa shape index (κ3) is 2.29. The molecule has 1 aromatic carbocycles. The fraction of sp³-hybridized carbons (Fsp3) is 0.0769. The number of nitrogens with zero attached hydrogens (tertiary/aromatic N) is 1. The number of aryl methyl sites for hydroxylation is 1. The molecule has 1 aromatic heterocycles. The Bertz CT molecular complexity index is 581. The van der Waals surface area contributed by atoms with E-state index in [1.807, 2.05) is 6.92 Å². The number of hydrogen-bond acceptors (Lipinski definition) is 2. The quantitative estimate of drug-likeness (QED) is 0.885. The van der Waals surface area contributed by atoms with Gasteiger partial charge in [-0.1, -0.05) is 29.8 Å². The third-order valence-corrected chi connectivity index (χ3v) is 2.72. The van der Waals surface area contributed by atoms with E-state index >= 15 is 0 Å². The largest absolute Gasteiger partial charge is 0.478 e. The van der Waals surface area contributed by atoms with Gasteiger partial charge < -0.3 is 5.11 Å². The summed E-state index contributed by atoms with van der Waals surface area (Å²) in [5.41, 5.74) is 1.95. The number of carboxylic acid groups (broad SMARTS) is 1. The number of pyridine rings is 1. The van der Waals surface area contributed by atoms with Gasteiger partial charge in [0.15, 0.2) is 0 Å². The maximum Gasteiger partial charge on any atom is 0.337 e. The summed E-state index contributed by atoms with van der Waals surface area (Å²) < 4.78 is 0. The monoisotopic (exact) mass is 247 g/mol. The van der Waals surface area contributed by atoms with Crippen LogP contribution in [0.4, 0.5) is 0 Å². The number of carboxylic acids is 1. The molecule has 2 rings (SSSR count). The molecule has 4 heteroatoms. The molecule has 0 spiro atoms. The first kappa shape index (κ1) is 11.6. The molecule has 17 heavy (non-hydrogen) atoms. The molecule has 86 valence electrons. The maximum absolute atomic E-state index is 11.1. The van der Waals surface area contributed by atoms with Crippen molar-refractivity contribution in [2.75, 3.05) is 0 Å². The van der Waals surface area contributed by atoms with E-state index in [-0.39, 0.29) is 5.56 Å². The van der Waals surface area contributed by atoms with E-state index in [0.29, 0.717) is 16.3 Å². The lowest BCUT2D eigenvalue weighted by molar-refractivity contribution is 0.0697. The highest BCUT2D eigenvalue weighted by atomic mass is 35.5. The van der Waals surface area contributed by atoms with Gasteiger partial charge in [0.05, 0.1) is 11.3 Å². The molecule has 0 unspecified atom stereocenters. The number of halogens is 1. The van der Waals surface area contributed by atoms with E-state index in [1.165, 1.54) is 0 Å². The minimum absolute atomic E-state index is 0.156. The van der Waals surface area contributed by atoms with Crippen LogP contribution < -0.4 is 0 Å². The molecule has 1 N–H and O–H groups in total. The second-order valence-corrected chi connectivity index (χ2v) is 4.04. The van der Waals surface area contributed by atoms with Gasteiger partial charge in [-0.3, -0.25) is 4.98 Å². The van der Waals surface area contributed by atoms with Gasteiger partial charge in [0.2, 0.25) is 0 Å². The Balaban J connectivity index is 2.70. The summed E-state index contributed by atoms with van der Waals surface area (Å²) in [6.07, 6.45) is 0. The molecule has 0 aliphatic rings. The average molecular weight is 248 g/mol. The summed E-state index contributed by atoms with van der Waals surface area (Å²) in [5.74, 6) is -1.01. The van der Waals surface area contributed by atoms with Crippen molar-refractivity contribution in [3.05, 3.63) is 52.7 Å². The van der Waals surface area contributed by atoms with Gasteiger partial charge in [0.25, 0.3) is 0 Å². The molecule has 0 aliphatic carbocycles. The molecule has 0 atom stereocenters. The minimum Gasteiger partial charge on any atom is -0.478 e. The van der Waals surface area contributed by atoms with E-state index in [1.54, 1.807) is 36.4 Å². The smallest absolute Gasteiger partial charge is 0.337 e. The predicted octanol–water partition coefficient (Wildman–Crippen LogP) is 3.41. The summed E-state index contributed by atoms with van der Waals surface area (Å²) in [6, 6.07) is 10.3. The van der Waals surface area contributed by atoms with Crippen molar-refractivity contribution < 1.29 is 9.90 Å². The summed E-state index contributed by atoms with van der Waals surface area (Å²) >= 11 is 6.05. The van der Waals surface area contributed by atoms with Crippen LogP contribution >= 0.6 is 11.6 Å². The number of aromatic carboxylic acids is 1. The number of rotatable bonds is 2. The van der Waals surface area contributed by atoms with Crippen LogP contribution in [0, 0.1) is 6.92 Å². The van der Waals surface area contributed by atoms with Crippen LogP contribution in [0.3, 0.4) is 0 Å². The van der Waals surface area contributed by atoms with Crippen LogP contribution in [0.1, 0.15) is 16.1 Å². The minimum atomic E-state index is -1.01. The van der Waals surface area contributed by atoms with Gasteiger partial charge in [-0.2, -0.15) is 0 Å². The van der Waals surface area contributed by atoms with Gasteiger partial charge in [0, 0.05) is 16.3 Å². The van der Waals surface area contributed by atoms with Gasteiger partial charge >= 0.3 is 5.97 Å². The van der Waals surface area contributed by atoms with Gasteiger partial charge in [-0.05, 0) is 25.1 Å². The Labute approximate surface area is 104 Å². The molecule has 0 saturated heterocycles. The zero-order valence-electron chi connectivity index (χ0n) is 9.14. The van der Waals surface area contributed by atoms with Crippen LogP contribution in [-0.2, 0) is 0 Å². The van der Waals surface area contributed by atoms with Crippen LogP contribution in [0.2, 0.25) is 5.02 Å². The maximum atomic E-state index is 11.1. The lowest BCUT2D eigenvalue weighted by atomic mass is 10.1. The van der Waals surface area contributed by atoms with Gasteiger partial charge in [0.1, 0.15) is 0 Å². The fourth-order valence-corrected chi connectivity index (χ4v) is 1.81. The highest BCUT2D eigenvalue weighted by Gasteiger charge is 2.15. The molecular formula is C13H10ClNO2. The fourth-order valence-electron chi connectivity index (χ4n) is 1.59. The zero-order chi connectivity index (χ0) is 12.4. The Kier molecular flexibility index (Phi) is 3.11. The molecule has 2 aromatic rings. The molecule has 0 amide bonds. The predicted molar refractivity (Wildman–Crippen MR) is 66.4 cm³/mol. The number of carbonyl (C=O) groups is 1. The Hall–Kier alpha value is -1.87. The molecule has 0 fully saturated rings. The SMILES string of the molecule is Cc1ccc(C(=O)O)c(-c2ccccc2Cl)n1. The molecule has 0 radical (unpaired) electrons. The van der Waals surface area contributed by atoms with Crippen LogP contribution in [0.15, 0.2) is 36.4 Å². The van der Waals surface area contributed by atoms with E-state index in [0.717, 1.165) is 5.69 Å². The van der Waals surface area contributed by atoms with E-state index in [9.17, 15) is 4.79 Å². The van der Waals surface area contributed by atoms with Crippen LogP contribution in [-0.4, -0.2) is 16.1 Å². The number of hydrogen-bond donors (Lipinski definition) is 1. The summed E-state index contributed by atoms with van der Waals surface area (Å²) in [6.45, 7) is 1.81. The lowest BCUT2D eigenvalue weighted by Gasteiger charge is -2.08. The van der Waals surface area contributed by atoms with Crippen LogP contribution in [0.5, 0.6) is 0 Å². The Morgan fingerprint density at radius 1 is 1.24 bits per heavy atom. The average Bonchev–Trinajstić information content (AvgIpc) is 2.29. The number of benzene rings is 1. The summed E-state index contributed by atoms with van der Waals surface area (Å²) in [4.78, 5) is 15.4. The van der Waals surface area contributed by atoms with Crippen molar-refractivity contribution in [1.82, 2.24) is 4.98 Å². The van der Waals surface area contributed by atoms with Gasteiger partial charge in [-0.15, -0.1) is 0 Å². The van der Waals surface area contributed by atoms with Crippen molar-refractivity contribution in [3.63, 3.8) is 0 Å². The first-order chi connectivity index (χ1) is 8.09. The van der Waals surface area contributed by atoms with Crippen molar-refractivity contribution in [1.29, 1.82) is 0 Å². The first-order valence-electron chi connectivity index (χ1n) is 5.05. The summed E-state index contributed by atoms with van der Waals surface area (Å²) in [5, 5.41) is 9.62. The Morgan fingerprint density at radius 2 is 1.94 bits per heavy atom. The van der Waals surface area contributed by atoms with Crippen LogP contribution in [0.25, 0.3) is 11.3 Å². The summed E-state index contributed by atoms with van der Waals surface area (Å²) in [7, 11) is 0. The lowest BCUT2D eigenvalue weighted by Crippen LogP contribution is -2.02. The standard InChI is InChI=1S/C13H10ClNO2/c1-8-6-7-10(13(16)17)12(15-8)9-4-2-3-5-11(9)14/h2-7H,1H3,(H,16,17). The van der Waals surface area contributed by atoms with Gasteiger partial charge in [-0.25, -0.2) is 4.79 Å². The second-order valence-electron chi connectivity index (χ2n) is 3.63. The second kappa shape index (κ2) is 4.55. The highest BCUT2D eigenvalue weighted by molar-refractivity contribution is 6.33. The van der Waals surface area contributed by atoms with E-state index in [4.69, 9.17) is 16.7 Å². The van der Waals surface area contributed by atoms with E-state index in [2.05, 4.69) is 4.98 Å². The van der Waals surface area contributed by atoms with Crippen molar-refractivity contribution >= 4 is 17.6 Å². The normalized spacial score (nSPS) is 10.2. The molecule has 3 nitrogen and oxygen atoms in total. The molecular weight excluding hydrogens is 238 g/mol. The molecule has 0 aliphatic heterocycles. The third-order valence-electron chi connectivity index (χ3n) is 2.39. The number of aromatic nitrogens is 1. The topological polar surface area (TPSA) is 50.2 Å².